The summed E-state index contributed by atoms with van der Waals surface area (Å²) in [4.78, 5) is 18.2. The zero-order valence-corrected chi connectivity index (χ0v) is 9.88. The molecule has 3 N–H and O–H groups in total. The van der Waals surface area contributed by atoms with Crippen LogP contribution in [-0.2, 0) is 16.0 Å². The fraction of sp³-hybridized carbons (Fsp3) is 0.333. The number of carboxylic acids is 2. The second-order valence-corrected chi connectivity index (χ2v) is 3.49. The highest BCUT2D eigenvalue weighted by atomic mass is 16.4. The van der Waals surface area contributed by atoms with E-state index >= 15 is 0 Å². The summed E-state index contributed by atoms with van der Waals surface area (Å²) in [6.07, 6.45) is 1.11. The van der Waals surface area contributed by atoms with Crippen LogP contribution in [0.5, 0.6) is 0 Å². The predicted octanol–water partition coefficient (Wildman–Crippen LogP) is 0.993. The van der Waals surface area contributed by atoms with Gasteiger partial charge in [0.25, 0.3) is 0 Å². The van der Waals surface area contributed by atoms with Gasteiger partial charge in [-0.3, -0.25) is 0 Å². The maximum Gasteiger partial charge on any atom is 0.414 e. The van der Waals surface area contributed by atoms with Crippen LogP contribution in [0.1, 0.15) is 12.5 Å². The standard InChI is InChI=1S/C10H15N.C2H2O4/c1-9(11-2)8-10-6-4-3-5-7-10;3-1(4)2(5)6/h3-7,9,11H,8H2,1-2H3;(H,3,4)(H,5,6)/t9-;/m0./s1. The molecule has 1 aromatic rings. The molecule has 1 atom stereocenters. The third-order valence-corrected chi connectivity index (χ3v) is 2.06. The van der Waals surface area contributed by atoms with Crippen molar-refractivity contribution in [3.63, 3.8) is 0 Å². The van der Waals surface area contributed by atoms with Gasteiger partial charge in [0.05, 0.1) is 0 Å². The lowest BCUT2D eigenvalue weighted by atomic mass is 10.1. The lowest BCUT2D eigenvalue weighted by Crippen LogP contribution is -2.23. The van der Waals surface area contributed by atoms with E-state index in [4.69, 9.17) is 19.8 Å². The van der Waals surface area contributed by atoms with Gasteiger partial charge in [0.15, 0.2) is 0 Å². The second kappa shape index (κ2) is 8.29. The summed E-state index contributed by atoms with van der Waals surface area (Å²) in [5.74, 6) is -3.65. The Balaban J connectivity index is 0.000000366. The van der Waals surface area contributed by atoms with Crippen LogP contribution in [0.15, 0.2) is 30.3 Å². The van der Waals surface area contributed by atoms with Gasteiger partial charge in [-0.2, -0.15) is 0 Å². The largest absolute Gasteiger partial charge is 0.473 e. The van der Waals surface area contributed by atoms with Gasteiger partial charge in [-0.1, -0.05) is 30.3 Å². The molecule has 0 aromatic heterocycles. The number of likely N-dealkylation sites (N-methyl/N-ethyl adjacent to an activating group) is 1. The molecule has 0 saturated heterocycles. The Labute approximate surface area is 100 Å². The number of benzene rings is 1. The molecule has 0 saturated carbocycles. The van der Waals surface area contributed by atoms with Gasteiger partial charge in [-0.15, -0.1) is 0 Å². The van der Waals surface area contributed by atoms with Crippen LogP contribution in [0.4, 0.5) is 0 Å². The smallest absolute Gasteiger partial charge is 0.414 e. The van der Waals surface area contributed by atoms with Crippen LogP contribution < -0.4 is 5.32 Å². The first-order chi connectivity index (χ1) is 7.97. The first kappa shape index (κ1) is 15.1. The van der Waals surface area contributed by atoms with Crippen molar-refractivity contribution < 1.29 is 19.8 Å². The van der Waals surface area contributed by atoms with Gasteiger partial charge < -0.3 is 15.5 Å². The molecule has 1 aromatic carbocycles. The van der Waals surface area contributed by atoms with Gasteiger partial charge >= 0.3 is 11.9 Å². The molecule has 0 aliphatic heterocycles. The summed E-state index contributed by atoms with van der Waals surface area (Å²) in [6, 6.07) is 11.1. The number of hydrogen-bond acceptors (Lipinski definition) is 3. The second-order valence-electron chi connectivity index (χ2n) is 3.49. The number of carboxylic acid groups (broad SMARTS) is 2. The molecule has 0 unspecified atom stereocenters. The monoisotopic (exact) mass is 239 g/mol. The van der Waals surface area contributed by atoms with Crippen LogP contribution in [0, 0.1) is 0 Å². The number of hydrogen-bond donors (Lipinski definition) is 3. The quantitative estimate of drug-likeness (QED) is 0.685. The molecule has 0 bridgehead atoms. The molecular weight excluding hydrogens is 222 g/mol. The lowest BCUT2D eigenvalue weighted by Gasteiger charge is -2.08. The minimum Gasteiger partial charge on any atom is -0.473 e. The Kier molecular flexibility index (Phi) is 7.38. The summed E-state index contributed by atoms with van der Waals surface area (Å²) in [7, 11) is 1.99. The average molecular weight is 239 g/mol. The average Bonchev–Trinajstić information content (AvgIpc) is 2.31. The van der Waals surface area contributed by atoms with E-state index in [1.165, 1.54) is 5.56 Å². The van der Waals surface area contributed by atoms with E-state index in [1.807, 2.05) is 13.1 Å². The van der Waals surface area contributed by atoms with Gasteiger partial charge in [-0.25, -0.2) is 9.59 Å². The summed E-state index contributed by atoms with van der Waals surface area (Å²) >= 11 is 0. The first-order valence-electron chi connectivity index (χ1n) is 5.14. The van der Waals surface area contributed by atoms with E-state index in [2.05, 4.69) is 36.5 Å². The van der Waals surface area contributed by atoms with E-state index in [0.29, 0.717) is 6.04 Å². The zero-order chi connectivity index (χ0) is 13.3. The summed E-state index contributed by atoms with van der Waals surface area (Å²) < 4.78 is 0. The molecule has 94 valence electrons. The van der Waals surface area contributed by atoms with E-state index in [0.717, 1.165) is 6.42 Å². The topological polar surface area (TPSA) is 86.6 Å². The van der Waals surface area contributed by atoms with Gasteiger partial charge in [0, 0.05) is 6.04 Å². The third kappa shape index (κ3) is 7.98. The summed E-state index contributed by atoms with van der Waals surface area (Å²) in [5, 5.41) is 18.0. The Hall–Kier alpha value is -1.88. The molecule has 0 heterocycles. The van der Waals surface area contributed by atoms with Crippen LogP contribution in [0.3, 0.4) is 0 Å². The van der Waals surface area contributed by atoms with Crippen molar-refractivity contribution in [2.24, 2.45) is 0 Å². The van der Waals surface area contributed by atoms with Crippen molar-refractivity contribution in [1.29, 1.82) is 0 Å². The number of carbonyl (C=O) groups is 2. The van der Waals surface area contributed by atoms with Crippen LogP contribution in [0.2, 0.25) is 0 Å². The SMILES string of the molecule is CN[C@@H](C)Cc1ccccc1.O=C(O)C(=O)O. The lowest BCUT2D eigenvalue weighted by molar-refractivity contribution is -0.159. The number of rotatable bonds is 3. The van der Waals surface area contributed by atoms with Crippen LogP contribution in [-0.4, -0.2) is 35.2 Å². The minimum absolute atomic E-state index is 0.567. The van der Waals surface area contributed by atoms with Crippen molar-refractivity contribution in [2.75, 3.05) is 7.05 Å². The summed E-state index contributed by atoms with van der Waals surface area (Å²) in [5.41, 5.74) is 1.40. The third-order valence-electron chi connectivity index (χ3n) is 2.06. The normalized spacial score (nSPS) is 10.9. The number of nitrogens with one attached hydrogen (secondary N) is 1. The molecule has 0 aliphatic carbocycles. The van der Waals surface area contributed by atoms with Gasteiger partial charge in [0.2, 0.25) is 0 Å². The van der Waals surface area contributed by atoms with E-state index < -0.39 is 11.9 Å². The molecule has 0 spiro atoms. The Morgan fingerprint density at radius 1 is 1.18 bits per heavy atom. The van der Waals surface area contributed by atoms with Crippen molar-refractivity contribution in [2.45, 2.75) is 19.4 Å². The van der Waals surface area contributed by atoms with Gasteiger partial charge in [-0.05, 0) is 26.0 Å². The molecule has 0 aliphatic rings. The molecule has 1 rings (SSSR count). The predicted molar refractivity (Wildman–Crippen MR) is 63.9 cm³/mol. The Morgan fingerprint density at radius 3 is 2.00 bits per heavy atom. The molecule has 0 amide bonds. The van der Waals surface area contributed by atoms with E-state index in [-0.39, 0.29) is 0 Å². The van der Waals surface area contributed by atoms with Crippen molar-refractivity contribution >= 4 is 11.9 Å². The van der Waals surface area contributed by atoms with E-state index in [1.54, 1.807) is 0 Å². The molecule has 0 fully saturated rings. The Bertz CT molecular complexity index is 339. The van der Waals surface area contributed by atoms with Crippen molar-refractivity contribution in [3.8, 4) is 0 Å². The fourth-order valence-corrected chi connectivity index (χ4v) is 1.07. The first-order valence-corrected chi connectivity index (χ1v) is 5.14. The molecule has 17 heavy (non-hydrogen) atoms. The van der Waals surface area contributed by atoms with Crippen molar-refractivity contribution in [1.82, 2.24) is 5.32 Å². The fourth-order valence-electron chi connectivity index (χ4n) is 1.07. The summed E-state index contributed by atoms with van der Waals surface area (Å²) in [6.45, 7) is 2.19. The molecule has 5 heteroatoms. The van der Waals surface area contributed by atoms with Gasteiger partial charge in [0.1, 0.15) is 0 Å². The van der Waals surface area contributed by atoms with Crippen molar-refractivity contribution in [3.05, 3.63) is 35.9 Å². The van der Waals surface area contributed by atoms with Crippen LogP contribution >= 0.6 is 0 Å². The highest BCUT2D eigenvalue weighted by molar-refractivity contribution is 6.27. The maximum absolute atomic E-state index is 9.10. The molecule has 0 radical (unpaired) electrons. The minimum atomic E-state index is -1.82. The highest BCUT2D eigenvalue weighted by Crippen LogP contribution is 2.01. The molecular formula is C12H17NO4. The maximum atomic E-state index is 9.10. The Morgan fingerprint density at radius 2 is 1.65 bits per heavy atom. The number of aliphatic carboxylic acids is 2. The molecule has 5 nitrogen and oxygen atoms in total. The highest BCUT2D eigenvalue weighted by Gasteiger charge is 2.04. The van der Waals surface area contributed by atoms with Crippen LogP contribution in [0.25, 0.3) is 0 Å². The van der Waals surface area contributed by atoms with E-state index in [9.17, 15) is 0 Å². The zero-order valence-electron chi connectivity index (χ0n) is 9.88.